The monoisotopic (exact) mass is 242 g/mol. The predicted molar refractivity (Wildman–Crippen MR) is 66.9 cm³/mol. The van der Waals surface area contributed by atoms with Crippen molar-refractivity contribution in [3.8, 4) is 17.3 Å². The van der Waals surface area contributed by atoms with E-state index in [4.69, 9.17) is 11.1 Å². The second-order valence-corrected chi connectivity index (χ2v) is 3.81. The van der Waals surface area contributed by atoms with E-state index in [1.165, 1.54) is 6.07 Å². The fourth-order valence-corrected chi connectivity index (χ4v) is 1.57. The standard InChI is InChI=1S/C13H11FN4/c1-8-2-3-9(6-11(8)14)12-5-4-10(7-15)13(17-12)18-16/h2-6H,16H2,1H3,(H,17,18). The number of rotatable bonds is 2. The van der Waals surface area contributed by atoms with E-state index in [-0.39, 0.29) is 11.6 Å². The molecule has 1 aromatic heterocycles. The molecule has 0 aliphatic heterocycles. The molecule has 18 heavy (non-hydrogen) atoms. The van der Waals surface area contributed by atoms with Crippen molar-refractivity contribution in [3.63, 3.8) is 0 Å². The van der Waals surface area contributed by atoms with E-state index in [1.807, 2.05) is 6.07 Å². The number of nitrogens with zero attached hydrogens (tertiary/aromatic N) is 2. The molecule has 0 aliphatic rings. The first-order valence-electron chi connectivity index (χ1n) is 5.30. The third kappa shape index (κ3) is 2.14. The lowest BCUT2D eigenvalue weighted by atomic mass is 10.1. The normalized spacial score (nSPS) is 9.89. The zero-order valence-electron chi connectivity index (χ0n) is 9.74. The number of halogens is 1. The molecule has 0 fully saturated rings. The van der Waals surface area contributed by atoms with E-state index in [0.717, 1.165) is 0 Å². The van der Waals surface area contributed by atoms with Crippen molar-refractivity contribution in [2.45, 2.75) is 6.92 Å². The van der Waals surface area contributed by atoms with Crippen LogP contribution < -0.4 is 11.3 Å². The first-order valence-corrected chi connectivity index (χ1v) is 5.30. The number of nitrogens with one attached hydrogen (secondary N) is 1. The molecule has 0 spiro atoms. The minimum absolute atomic E-state index is 0.274. The van der Waals surface area contributed by atoms with Crippen LogP contribution in [-0.4, -0.2) is 4.98 Å². The summed E-state index contributed by atoms with van der Waals surface area (Å²) in [5.41, 5.74) is 4.46. The fraction of sp³-hybridized carbons (Fsp3) is 0.0769. The summed E-state index contributed by atoms with van der Waals surface area (Å²) < 4.78 is 13.5. The third-order valence-corrected chi connectivity index (χ3v) is 2.62. The Labute approximate surface area is 104 Å². The van der Waals surface area contributed by atoms with Gasteiger partial charge in [0.25, 0.3) is 0 Å². The number of benzene rings is 1. The molecule has 0 aliphatic carbocycles. The van der Waals surface area contributed by atoms with Gasteiger partial charge in [-0.25, -0.2) is 15.2 Å². The molecule has 0 saturated heterocycles. The number of hydrogen-bond donors (Lipinski definition) is 2. The first-order chi connectivity index (χ1) is 8.65. The maximum absolute atomic E-state index is 13.5. The van der Waals surface area contributed by atoms with Gasteiger partial charge in [-0.1, -0.05) is 12.1 Å². The van der Waals surface area contributed by atoms with Crippen LogP contribution in [-0.2, 0) is 0 Å². The SMILES string of the molecule is Cc1ccc(-c2ccc(C#N)c(NN)n2)cc1F. The fourth-order valence-electron chi connectivity index (χ4n) is 1.57. The lowest BCUT2D eigenvalue weighted by Crippen LogP contribution is -2.10. The summed E-state index contributed by atoms with van der Waals surface area (Å²) >= 11 is 0. The molecule has 90 valence electrons. The summed E-state index contributed by atoms with van der Waals surface area (Å²) in [7, 11) is 0. The molecule has 0 radical (unpaired) electrons. The average Bonchev–Trinajstić information content (AvgIpc) is 2.41. The Kier molecular flexibility index (Phi) is 3.22. The molecular formula is C13H11FN4. The van der Waals surface area contributed by atoms with E-state index in [9.17, 15) is 4.39 Å². The van der Waals surface area contributed by atoms with Crippen LogP contribution in [0.25, 0.3) is 11.3 Å². The summed E-state index contributed by atoms with van der Waals surface area (Å²) in [6, 6.07) is 10.1. The van der Waals surface area contributed by atoms with Gasteiger partial charge in [-0.3, -0.25) is 0 Å². The van der Waals surface area contributed by atoms with E-state index >= 15 is 0 Å². The summed E-state index contributed by atoms with van der Waals surface area (Å²) in [6.07, 6.45) is 0. The Bertz CT molecular complexity index is 631. The highest BCUT2D eigenvalue weighted by molar-refractivity contribution is 5.64. The number of nitrogen functional groups attached to an aromatic ring is 1. The molecule has 3 N–H and O–H groups in total. The van der Waals surface area contributed by atoms with E-state index in [1.54, 1.807) is 31.2 Å². The average molecular weight is 242 g/mol. The molecule has 2 rings (SSSR count). The molecule has 4 nitrogen and oxygen atoms in total. The Morgan fingerprint density at radius 2 is 2.11 bits per heavy atom. The number of anilines is 1. The molecule has 0 unspecified atom stereocenters. The van der Waals surface area contributed by atoms with Gasteiger partial charge in [0, 0.05) is 5.56 Å². The second-order valence-electron chi connectivity index (χ2n) is 3.81. The number of hydrazine groups is 1. The highest BCUT2D eigenvalue weighted by Gasteiger charge is 2.07. The third-order valence-electron chi connectivity index (χ3n) is 2.62. The van der Waals surface area contributed by atoms with Gasteiger partial charge in [-0.05, 0) is 30.7 Å². The Hall–Kier alpha value is -2.45. The van der Waals surface area contributed by atoms with E-state index < -0.39 is 0 Å². The van der Waals surface area contributed by atoms with Gasteiger partial charge in [0.15, 0.2) is 5.82 Å². The number of aryl methyl sites for hydroxylation is 1. The minimum Gasteiger partial charge on any atom is -0.307 e. The number of nitrogens with two attached hydrogens (primary N) is 1. The van der Waals surface area contributed by atoms with Gasteiger partial charge in [-0.2, -0.15) is 5.26 Å². The van der Waals surface area contributed by atoms with Crippen molar-refractivity contribution in [1.82, 2.24) is 4.98 Å². The quantitative estimate of drug-likeness (QED) is 0.626. The highest BCUT2D eigenvalue weighted by atomic mass is 19.1. The smallest absolute Gasteiger partial charge is 0.158 e. The van der Waals surface area contributed by atoms with Crippen molar-refractivity contribution in [2.75, 3.05) is 5.43 Å². The van der Waals surface area contributed by atoms with E-state index in [2.05, 4.69) is 10.4 Å². The first kappa shape index (κ1) is 12.0. The van der Waals surface area contributed by atoms with Crippen LogP contribution >= 0.6 is 0 Å². The minimum atomic E-state index is -0.291. The van der Waals surface area contributed by atoms with Crippen LogP contribution in [0.3, 0.4) is 0 Å². The van der Waals surface area contributed by atoms with E-state index in [0.29, 0.717) is 22.4 Å². The molecule has 5 heteroatoms. The van der Waals surface area contributed by atoms with Gasteiger partial charge in [-0.15, -0.1) is 0 Å². The molecule has 0 saturated carbocycles. The maximum Gasteiger partial charge on any atom is 0.158 e. The second kappa shape index (κ2) is 4.82. The predicted octanol–water partition coefficient (Wildman–Crippen LogP) is 2.35. The summed E-state index contributed by atoms with van der Waals surface area (Å²) in [6.45, 7) is 1.69. The lowest BCUT2D eigenvalue weighted by Gasteiger charge is -2.06. The van der Waals surface area contributed by atoms with Crippen LogP contribution in [0.5, 0.6) is 0 Å². The van der Waals surface area contributed by atoms with Gasteiger partial charge in [0.2, 0.25) is 0 Å². The zero-order chi connectivity index (χ0) is 13.1. The molecular weight excluding hydrogens is 231 g/mol. The van der Waals surface area contributed by atoms with Gasteiger partial charge in [0.1, 0.15) is 11.9 Å². The number of aromatic nitrogens is 1. The molecule has 0 bridgehead atoms. The zero-order valence-corrected chi connectivity index (χ0v) is 9.74. The Balaban J connectivity index is 2.51. The van der Waals surface area contributed by atoms with Crippen molar-refractivity contribution in [1.29, 1.82) is 5.26 Å². The maximum atomic E-state index is 13.5. The molecule has 0 amide bonds. The topological polar surface area (TPSA) is 74.7 Å². The lowest BCUT2D eigenvalue weighted by molar-refractivity contribution is 0.619. The summed E-state index contributed by atoms with van der Waals surface area (Å²) in [5.74, 6) is 5.27. The molecule has 1 aromatic carbocycles. The van der Waals surface area contributed by atoms with Crippen LogP contribution in [0.15, 0.2) is 30.3 Å². The van der Waals surface area contributed by atoms with Crippen molar-refractivity contribution in [2.24, 2.45) is 5.84 Å². The largest absolute Gasteiger partial charge is 0.307 e. The van der Waals surface area contributed by atoms with Crippen molar-refractivity contribution < 1.29 is 4.39 Å². The van der Waals surface area contributed by atoms with Crippen LogP contribution in [0.1, 0.15) is 11.1 Å². The summed E-state index contributed by atoms with van der Waals surface area (Å²) in [4.78, 5) is 4.18. The van der Waals surface area contributed by atoms with Gasteiger partial charge >= 0.3 is 0 Å². The number of hydrogen-bond acceptors (Lipinski definition) is 4. The van der Waals surface area contributed by atoms with Gasteiger partial charge < -0.3 is 5.43 Å². The summed E-state index contributed by atoms with van der Waals surface area (Å²) in [5, 5.41) is 8.85. The molecule has 1 heterocycles. The van der Waals surface area contributed by atoms with Crippen LogP contribution in [0.2, 0.25) is 0 Å². The number of pyridine rings is 1. The Morgan fingerprint density at radius 1 is 1.33 bits per heavy atom. The van der Waals surface area contributed by atoms with Gasteiger partial charge in [0.05, 0.1) is 11.3 Å². The van der Waals surface area contributed by atoms with Crippen LogP contribution in [0, 0.1) is 24.1 Å². The number of nitriles is 1. The van der Waals surface area contributed by atoms with Crippen molar-refractivity contribution >= 4 is 5.82 Å². The molecule has 0 atom stereocenters. The Morgan fingerprint density at radius 3 is 2.72 bits per heavy atom. The van der Waals surface area contributed by atoms with Crippen LogP contribution in [0.4, 0.5) is 10.2 Å². The van der Waals surface area contributed by atoms with Crippen molar-refractivity contribution in [3.05, 3.63) is 47.3 Å². The highest BCUT2D eigenvalue weighted by Crippen LogP contribution is 2.22. The molecule has 2 aromatic rings.